The van der Waals surface area contributed by atoms with Crippen LogP contribution in [-0.2, 0) is 16.1 Å². The van der Waals surface area contributed by atoms with Gasteiger partial charge in [0.25, 0.3) is 0 Å². The molecule has 7 nitrogen and oxygen atoms in total. The Hall–Kier alpha value is -2.29. The number of hydrogen-bond donors (Lipinski definition) is 2. The normalized spacial score (nSPS) is 12.4. The van der Waals surface area contributed by atoms with Gasteiger partial charge in [-0.05, 0) is 47.5 Å². The molecule has 150 valence electrons. The quantitative estimate of drug-likeness (QED) is 0.579. The van der Waals surface area contributed by atoms with Crippen molar-refractivity contribution in [1.82, 2.24) is 19.9 Å². The number of carbonyl (C=O) groups is 1. The fraction of sp³-hybridized carbons (Fsp3) is 0.350. The van der Waals surface area contributed by atoms with Gasteiger partial charge in [-0.3, -0.25) is 9.20 Å². The van der Waals surface area contributed by atoms with Crippen LogP contribution in [0.2, 0.25) is 0 Å². The summed E-state index contributed by atoms with van der Waals surface area (Å²) in [7, 11) is 0. The number of pyridine rings is 1. The van der Waals surface area contributed by atoms with E-state index in [0.29, 0.717) is 18.1 Å². The van der Waals surface area contributed by atoms with E-state index in [9.17, 15) is 4.79 Å². The molecule has 8 heteroatoms. The third kappa shape index (κ3) is 5.37. The van der Waals surface area contributed by atoms with Crippen LogP contribution < -0.4 is 11.1 Å². The molecule has 0 radical (unpaired) electrons. The molecule has 2 aromatic heterocycles. The van der Waals surface area contributed by atoms with Gasteiger partial charge >= 0.3 is 0 Å². The van der Waals surface area contributed by atoms with E-state index in [1.165, 1.54) is 0 Å². The second-order valence-corrected chi connectivity index (χ2v) is 7.80. The number of nitrogens with zero attached hydrogens (tertiary/aromatic N) is 3. The monoisotopic (exact) mass is 447 g/mol. The van der Waals surface area contributed by atoms with Crippen molar-refractivity contribution in [2.45, 2.75) is 39.5 Å². The van der Waals surface area contributed by atoms with Gasteiger partial charge in [0.1, 0.15) is 6.04 Å². The summed E-state index contributed by atoms with van der Waals surface area (Å²) >= 11 is 3.45. The molecule has 2 heterocycles. The van der Waals surface area contributed by atoms with Crippen molar-refractivity contribution in [3.05, 3.63) is 64.5 Å². The van der Waals surface area contributed by atoms with Gasteiger partial charge in [0.15, 0.2) is 11.5 Å². The van der Waals surface area contributed by atoms with Gasteiger partial charge in [0.05, 0.1) is 18.8 Å². The van der Waals surface area contributed by atoms with E-state index in [0.717, 1.165) is 10.0 Å². The molecule has 28 heavy (non-hydrogen) atoms. The first-order chi connectivity index (χ1) is 12.8. The topological polar surface area (TPSA) is 94.5 Å². The Kier molecular flexibility index (Phi) is 7.29. The maximum atomic E-state index is 12.4. The molecule has 3 N–H and O–H groups in total. The van der Waals surface area contributed by atoms with E-state index in [1.54, 1.807) is 13.8 Å². The minimum absolute atomic E-state index is 0. The lowest BCUT2D eigenvalue weighted by molar-refractivity contribution is -0.126. The number of aromatic nitrogens is 3. The Morgan fingerprint density at radius 3 is 2.64 bits per heavy atom. The predicted octanol–water partition coefficient (Wildman–Crippen LogP) is 3.24. The summed E-state index contributed by atoms with van der Waals surface area (Å²) in [4.78, 5) is 12.4. The van der Waals surface area contributed by atoms with Crippen LogP contribution in [0.5, 0.6) is 0 Å². The van der Waals surface area contributed by atoms with Crippen LogP contribution in [0.25, 0.3) is 5.65 Å². The molecular weight excluding hydrogens is 422 g/mol. The SMILES string of the molecule is C.CC(C)(N)C(=O)N[C@H](COCc1ccccc1)c1nnc2ccc(Br)cn12. The number of amides is 1. The van der Waals surface area contributed by atoms with Crippen LogP contribution in [0, 0.1) is 0 Å². The summed E-state index contributed by atoms with van der Waals surface area (Å²) < 4.78 is 8.55. The van der Waals surface area contributed by atoms with Gasteiger partial charge in [-0.15, -0.1) is 10.2 Å². The summed E-state index contributed by atoms with van der Waals surface area (Å²) in [6.45, 7) is 3.98. The highest BCUT2D eigenvalue weighted by molar-refractivity contribution is 9.10. The van der Waals surface area contributed by atoms with E-state index >= 15 is 0 Å². The van der Waals surface area contributed by atoms with Crippen molar-refractivity contribution in [2.24, 2.45) is 5.73 Å². The molecule has 0 unspecified atom stereocenters. The lowest BCUT2D eigenvalue weighted by Crippen LogP contribution is -2.50. The van der Waals surface area contributed by atoms with Crippen molar-refractivity contribution >= 4 is 27.5 Å². The molecule has 0 spiro atoms. The average Bonchev–Trinajstić information content (AvgIpc) is 3.03. The molecule has 1 atom stereocenters. The van der Waals surface area contributed by atoms with Gasteiger partial charge < -0.3 is 15.8 Å². The maximum absolute atomic E-state index is 12.4. The summed E-state index contributed by atoms with van der Waals surface area (Å²) in [5, 5.41) is 11.4. The minimum atomic E-state index is -1.02. The number of nitrogens with one attached hydrogen (secondary N) is 1. The molecule has 3 aromatic rings. The average molecular weight is 448 g/mol. The Bertz CT molecular complexity index is 921. The van der Waals surface area contributed by atoms with Crippen LogP contribution >= 0.6 is 15.9 Å². The molecule has 3 rings (SSSR count). The zero-order chi connectivity index (χ0) is 19.4. The summed E-state index contributed by atoms with van der Waals surface area (Å²) in [6.07, 6.45) is 1.86. The summed E-state index contributed by atoms with van der Waals surface area (Å²) in [6, 6.07) is 13.1. The maximum Gasteiger partial charge on any atom is 0.240 e. The van der Waals surface area contributed by atoms with Crippen molar-refractivity contribution in [3.8, 4) is 0 Å². The molecule has 0 aliphatic rings. The highest BCUT2D eigenvalue weighted by Crippen LogP contribution is 2.18. The minimum Gasteiger partial charge on any atom is -0.374 e. The van der Waals surface area contributed by atoms with Gasteiger partial charge in [-0.1, -0.05) is 37.8 Å². The van der Waals surface area contributed by atoms with Gasteiger partial charge in [0, 0.05) is 10.7 Å². The highest BCUT2D eigenvalue weighted by atomic mass is 79.9. The Morgan fingerprint density at radius 1 is 1.25 bits per heavy atom. The van der Waals surface area contributed by atoms with E-state index < -0.39 is 11.6 Å². The number of carbonyl (C=O) groups excluding carboxylic acids is 1. The zero-order valence-corrected chi connectivity index (χ0v) is 16.8. The van der Waals surface area contributed by atoms with Gasteiger partial charge in [-0.25, -0.2) is 0 Å². The van der Waals surface area contributed by atoms with Crippen LogP contribution in [0.1, 0.15) is 38.7 Å². The van der Waals surface area contributed by atoms with Crippen molar-refractivity contribution < 1.29 is 9.53 Å². The molecule has 0 saturated heterocycles. The molecule has 1 aromatic carbocycles. The number of halogens is 1. The first-order valence-electron chi connectivity index (χ1n) is 8.56. The fourth-order valence-electron chi connectivity index (χ4n) is 2.51. The molecule has 0 aliphatic carbocycles. The largest absolute Gasteiger partial charge is 0.374 e. The second kappa shape index (κ2) is 9.27. The first-order valence-corrected chi connectivity index (χ1v) is 9.35. The number of nitrogens with two attached hydrogens (primary N) is 1. The van der Waals surface area contributed by atoms with Gasteiger partial charge in [-0.2, -0.15) is 0 Å². The number of ether oxygens (including phenoxy) is 1. The zero-order valence-electron chi connectivity index (χ0n) is 15.2. The molecular formula is C20H26BrN5O2. The van der Waals surface area contributed by atoms with Crippen molar-refractivity contribution in [1.29, 1.82) is 0 Å². The Morgan fingerprint density at radius 2 is 1.96 bits per heavy atom. The smallest absolute Gasteiger partial charge is 0.240 e. The molecule has 1 amide bonds. The summed E-state index contributed by atoms with van der Waals surface area (Å²) in [5.41, 5.74) is 6.65. The van der Waals surface area contributed by atoms with Gasteiger partial charge in [0.2, 0.25) is 5.91 Å². The standard InChI is InChI=1S/C19H22BrN5O2.CH4/c1-19(2,21)18(26)22-15(12-27-11-13-6-4-3-5-7-13)17-24-23-16-9-8-14(20)10-25(16)17;/h3-10,15H,11-12,21H2,1-2H3,(H,22,26);1H4/t15-;/m1./s1. The Labute approximate surface area is 173 Å². The lowest BCUT2D eigenvalue weighted by atomic mass is 10.1. The van der Waals surface area contributed by atoms with Crippen LogP contribution in [0.4, 0.5) is 0 Å². The molecule has 0 bridgehead atoms. The van der Waals surface area contributed by atoms with E-state index in [4.69, 9.17) is 10.5 Å². The van der Waals surface area contributed by atoms with Crippen molar-refractivity contribution in [3.63, 3.8) is 0 Å². The first kappa shape index (κ1) is 22.0. The lowest BCUT2D eigenvalue weighted by Gasteiger charge is -2.23. The van der Waals surface area contributed by atoms with E-state index in [1.807, 2.05) is 53.1 Å². The number of fused-ring (bicyclic) bond motifs is 1. The van der Waals surface area contributed by atoms with E-state index in [-0.39, 0.29) is 19.9 Å². The second-order valence-electron chi connectivity index (χ2n) is 6.88. The van der Waals surface area contributed by atoms with Crippen LogP contribution in [0.15, 0.2) is 53.1 Å². The number of benzene rings is 1. The number of hydrogen-bond acceptors (Lipinski definition) is 5. The third-order valence-corrected chi connectivity index (χ3v) is 4.46. The highest BCUT2D eigenvalue weighted by Gasteiger charge is 2.28. The van der Waals surface area contributed by atoms with Crippen molar-refractivity contribution in [2.75, 3.05) is 6.61 Å². The number of rotatable bonds is 7. The third-order valence-electron chi connectivity index (χ3n) is 3.99. The van der Waals surface area contributed by atoms with Crippen LogP contribution in [0.3, 0.4) is 0 Å². The molecule has 0 fully saturated rings. The van der Waals surface area contributed by atoms with E-state index in [2.05, 4.69) is 31.4 Å². The van der Waals surface area contributed by atoms with Crippen LogP contribution in [-0.4, -0.2) is 32.7 Å². The predicted molar refractivity (Wildman–Crippen MR) is 113 cm³/mol. The fourth-order valence-corrected chi connectivity index (χ4v) is 2.85. The Balaban J connectivity index is 0.00000280. The molecule has 0 saturated carbocycles. The summed E-state index contributed by atoms with van der Waals surface area (Å²) in [5.74, 6) is 0.291. The molecule has 0 aliphatic heterocycles.